The van der Waals surface area contributed by atoms with Crippen LogP contribution in [0.1, 0.15) is 33.3 Å². The van der Waals surface area contributed by atoms with Crippen LogP contribution < -0.4 is 0 Å². The van der Waals surface area contributed by atoms with E-state index in [1.54, 1.807) is 13.8 Å². The highest BCUT2D eigenvalue weighted by Crippen LogP contribution is 2.44. The zero-order valence-corrected chi connectivity index (χ0v) is 14.2. The Kier molecular flexibility index (Phi) is 4.11. The molecule has 0 radical (unpaired) electrons. The highest BCUT2D eigenvalue weighted by atomic mass is 79.9. The smallest absolute Gasteiger partial charge is 0.319 e. The lowest BCUT2D eigenvalue weighted by molar-refractivity contribution is -0.181. The van der Waals surface area contributed by atoms with Crippen molar-refractivity contribution in [3.8, 4) is 0 Å². The van der Waals surface area contributed by atoms with E-state index in [0.717, 1.165) is 5.56 Å². The maximum Gasteiger partial charge on any atom is 0.319 e. The first-order chi connectivity index (χ1) is 9.67. The lowest BCUT2D eigenvalue weighted by Crippen LogP contribution is -2.56. The molecular weight excluding hydrogens is 332 g/mol. The highest BCUT2D eigenvalue weighted by molar-refractivity contribution is 9.11. The van der Waals surface area contributed by atoms with Gasteiger partial charge in [0.1, 0.15) is 11.5 Å². The van der Waals surface area contributed by atoms with Crippen molar-refractivity contribution in [3.63, 3.8) is 0 Å². The van der Waals surface area contributed by atoms with Gasteiger partial charge in [-0.15, -0.1) is 0 Å². The van der Waals surface area contributed by atoms with Gasteiger partial charge in [0, 0.05) is 4.48 Å². The summed E-state index contributed by atoms with van der Waals surface area (Å²) in [5, 5.41) is 0. The fourth-order valence-electron chi connectivity index (χ4n) is 2.60. The minimum Gasteiger partial charge on any atom is -0.455 e. The predicted molar refractivity (Wildman–Crippen MR) is 85.8 cm³/mol. The Balaban J connectivity index is 2.38. The molecule has 1 aromatic rings. The average molecular weight is 351 g/mol. The molecule has 0 N–H and O–H groups in total. The lowest BCUT2D eigenvalue weighted by atomic mass is 9.68. The van der Waals surface area contributed by atoms with E-state index in [0.29, 0.717) is 4.48 Å². The van der Waals surface area contributed by atoms with Gasteiger partial charge in [-0.25, -0.2) is 0 Å². The summed E-state index contributed by atoms with van der Waals surface area (Å²) in [5.41, 5.74) is -0.893. The molecule has 1 aromatic carbocycles. The second kappa shape index (κ2) is 5.41. The van der Waals surface area contributed by atoms with E-state index < -0.39 is 22.9 Å². The van der Waals surface area contributed by atoms with Gasteiger partial charge in [0.15, 0.2) is 5.78 Å². The summed E-state index contributed by atoms with van der Waals surface area (Å²) in [5.74, 6) is -0.579. The molecule has 21 heavy (non-hydrogen) atoms. The Hall–Kier alpha value is -1.42. The van der Waals surface area contributed by atoms with Crippen molar-refractivity contribution in [3.05, 3.63) is 40.4 Å². The molecule has 4 heteroatoms. The molecule has 1 aliphatic heterocycles. The fourth-order valence-corrected chi connectivity index (χ4v) is 3.53. The van der Waals surface area contributed by atoms with Gasteiger partial charge in [0.2, 0.25) is 0 Å². The van der Waals surface area contributed by atoms with E-state index in [2.05, 4.69) is 15.9 Å². The second-order valence-electron chi connectivity index (χ2n) is 6.40. The molecule has 1 atom stereocenters. The van der Waals surface area contributed by atoms with Crippen molar-refractivity contribution < 1.29 is 14.3 Å². The minimum atomic E-state index is -1.10. The van der Waals surface area contributed by atoms with Gasteiger partial charge in [-0.1, -0.05) is 46.3 Å². The number of hydrogen-bond acceptors (Lipinski definition) is 3. The molecule has 0 unspecified atom stereocenters. The third-order valence-electron chi connectivity index (χ3n) is 3.90. The van der Waals surface area contributed by atoms with Crippen LogP contribution in [0.4, 0.5) is 0 Å². The molecule has 2 rings (SSSR count). The van der Waals surface area contributed by atoms with Crippen LogP contribution in [0.25, 0.3) is 6.08 Å². The van der Waals surface area contributed by atoms with E-state index in [1.807, 2.05) is 50.3 Å². The van der Waals surface area contributed by atoms with Crippen molar-refractivity contribution in [2.24, 2.45) is 10.8 Å². The van der Waals surface area contributed by atoms with Gasteiger partial charge in [-0.2, -0.15) is 0 Å². The van der Waals surface area contributed by atoms with Gasteiger partial charge in [0.05, 0.1) is 5.41 Å². The number of cyclic esters (lactones) is 1. The number of Topliss-reactive ketones (excluding diaryl/α,β-unsaturated/α-hetero) is 1. The number of carbonyl (C=O) groups excluding carboxylic acids is 2. The molecule has 0 saturated carbocycles. The number of halogens is 1. The third kappa shape index (κ3) is 2.82. The van der Waals surface area contributed by atoms with Crippen LogP contribution in [0.5, 0.6) is 0 Å². The van der Waals surface area contributed by atoms with Crippen LogP contribution in [0.3, 0.4) is 0 Å². The standard InChI is InChI=1S/C17H19BrO3/c1-16(2)13(21-15(20)17(3,4)14(16)19)12(18)10-11-8-6-5-7-9-11/h5-10,13H,1-4H3/t13-/m1/s1. The minimum absolute atomic E-state index is 0.102. The third-order valence-corrected chi connectivity index (χ3v) is 4.54. The van der Waals surface area contributed by atoms with Gasteiger partial charge in [0.25, 0.3) is 0 Å². The fraction of sp³-hybridized carbons (Fsp3) is 0.412. The Morgan fingerprint density at radius 3 is 2.29 bits per heavy atom. The first kappa shape index (κ1) is 16.0. The molecule has 1 saturated heterocycles. The van der Waals surface area contributed by atoms with Crippen LogP contribution in [-0.2, 0) is 14.3 Å². The Morgan fingerprint density at radius 2 is 1.71 bits per heavy atom. The number of esters is 1. The first-order valence-electron chi connectivity index (χ1n) is 6.85. The summed E-state index contributed by atoms with van der Waals surface area (Å²) in [6, 6.07) is 9.69. The van der Waals surface area contributed by atoms with Crippen LogP contribution in [-0.4, -0.2) is 17.9 Å². The number of carbonyl (C=O) groups is 2. The van der Waals surface area contributed by atoms with Crippen molar-refractivity contribution in [1.29, 1.82) is 0 Å². The summed E-state index contributed by atoms with van der Waals surface area (Å²) in [6.45, 7) is 6.86. The average Bonchev–Trinajstić information content (AvgIpc) is 2.42. The van der Waals surface area contributed by atoms with Gasteiger partial charge in [-0.3, -0.25) is 9.59 Å². The van der Waals surface area contributed by atoms with Crippen LogP contribution in [0.15, 0.2) is 34.8 Å². The van der Waals surface area contributed by atoms with Crippen LogP contribution in [0.2, 0.25) is 0 Å². The molecule has 0 aliphatic carbocycles. The molecular formula is C17H19BrO3. The molecule has 1 aliphatic rings. The predicted octanol–water partition coefficient (Wildman–Crippen LogP) is 3.97. The van der Waals surface area contributed by atoms with E-state index in [4.69, 9.17) is 4.74 Å². The van der Waals surface area contributed by atoms with Crippen molar-refractivity contribution >= 4 is 33.8 Å². The molecule has 0 spiro atoms. The summed E-state index contributed by atoms with van der Waals surface area (Å²) < 4.78 is 6.24. The molecule has 0 aromatic heterocycles. The second-order valence-corrected chi connectivity index (χ2v) is 7.32. The Morgan fingerprint density at radius 1 is 1.14 bits per heavy atom. The monoisotopic (exact) mass is 350 g/mol. The molecule has 0 bridgehead atoms. The number of rotatable bonds is 2. The van der Waals surface area contributed by atoms with E-state index in [9.17, 15) is 9.59 Å². The van der Waals surface area contributed by atoms with Crippen molar-refractivity contribution in [2.45, 2.75) is 33.8 Å². The summed E-state index contributed by atoms with van der Waals surface area (Å²) in [4.78, 5) is 24.7. The Bertz CT molecular complexity index is 600. The van der Waals surface area contributed by atoms with Crippen LogP contribution in [0, 0.1) is 10.8 Å². The summed E-state index contributed by atoms with van der Waals surface area (Å²) in [7, 11) is 0. The first-order valence-corrected chi connectivity index (χ1v) is 7.65. The van der Waals surface area contributed by atoms with E-state index in [1.165, 1.54) is 0 Å². The highest BCUT2D eigenvalue weighted by Gasteiger charge is 2.55. The van der Waals surface area contributed by atoms with Gasteiger partial charge >= 0.3 is 5.97 Å². The maximum absolute atomic E-state index is 12.6. The number of hydrogen-bond donors (Lipinski definition) is 0. The maximum atomic E-state index is 12.6. The largest absolute Gasteiger partial charge is 0.455 e. The van der Waals surface area contributed by atoms with Crippen molar-refractivity contribution in [1.82, 2.24) is 0 Å². The number of benzene rings is 1. The Labute approximate surface area is 133 Å². The quantitative estimate of drug-likeness (QED) is 0.598. The van der Waals surface area contributed by atoms with E-state index >= 15 is 0 Å². The molecule has 0 amide bonds. The normalized spacial score (nSPS) is 24.6. The zero-order valence-electron chi connectivity index (χ0n) is 12.6. The SMILES string of the molecule is CC1(C)C(=O)O[C@H](C(Br)=Cc2ccccc2)C(C)(C)C1=O. The molecule has 112 valence electrons. The molecule has 1 fully saturated rings. The van der Waals surface area contributed by atoms with Crippen LogP contribution >= 0.6 is 15.9 Å². The zero-order chi connectivity index (χ0) is 15.8. The topological polar surface area (TPSA) is 43.4 Å². The number of ether oxygens (including phenoxy) is 1. The van der Waals surface area contributed by atoms with E-state index in [-0.39, 0.29) is 5.78 Å². The van der Waals surface area contributed by atoms with Gasteiger partial charge < -0.3 is 4.74 Å². The van der Waals surface area contributed by atoms with Gasteiger partial charge in [-0.05, 0) is 39.3 Å². The number of ketones is 1. The molecule has 3 nitrogen and oxygen atoms in total. The van der Waals surface area contributed by atoms with Crippen molar-refractivity contribution in [2.75, 3.05) is 0 Å². The molecule has 1 heterocycles. The summed E-state index contributed by atoms with van der Waals surface area (Å²) in [6.07, 6.45) is 1.27. The summed E-state index contributed by atoms with van der Waals surface area (Å²) >= 11 is 3.48. The lowest BCUT2D eigenvalue weighted by Gasteiger charge is -2.43.